The highest BCUT2D eigenvalue weighted by molar-refractivity contribution is 7.89. The number of piperazine rings is 1. The second-order valence-electron chi connectivity index (χ2n) is 7.84. The summed E-state index contributed by atoms with van der Waals surface area (Å²) in [6.07, 6.45) is -0.110. The molecular weight excluding hydrogens is 435 g/mol. The fourth-order valence-corrected chi connectivity index (χ4v) is 5.26. The van der Waals surface area contributed by atoms with Crippen LogP contribution in [0.25, 0.3) is 0 Å². The molecule has 1 fully saturated rings. The van der Waals surface area contributed by atoms with Crippen molar-refractivity contribution in [2.24, 2.45) is 0 Å². The van der Waals surface area contributed by atoms with Gasteiger partial charge in [-0.05, 0) is 48.7 Å². The smallest absolute Gasteiger partial charge is 0.306 e. The Labute approximate surface area is 187 Å². The lowest BCUT2D eigenvalue weighted by atomic mass is 10.2. The molecule has 1 heterocycles. The average molecular weight is 463 g/mol. The maximum atomic E-state index is 13.2. The lowest BCUT2D eigenvalue weighted by Gasteiger charge is -2.34. The van der Waals surface area contributed by atoms with Gasteiger partial charge in [-0.25, -0.2) is 12.8 Å². The molecule has 1 amide bonds. The van der Waals surface area contributed by atoms with E-state index in [-0.39, 0.29) is 51.5 Å². The molecular formula is C23H27FN2O5S. The number of ether oxygens (including phenoxy) is 1. The fourth-order valence-electron chi connectivity index (χ4n) is 3.53. The van der Waals surface area contributed by atoms with E-state index in [0.717, 1.165) is 5.56 Å². The van der Waals surface area contributed by atoms with Crippen LogP contribution >= 0.6 is 0 Å². The number of nitrogens with zero attached hydrogens (tertiary/aromatic N) is 2. The van der Waals surface area contributed by atoms with Crippen molar-refractivity contribution in [3.05, 3.63) is 65.0 Å². The Morgan fingerprint density at radius 3 is 2.41 bits per heavy atom. The van der Waals surface area contributed by atoms with Crippen LogP contribution < -0.4 is 0 Å². The zero-order valence-electron chi connectivity index (χ0n) is 18.2. The van der Waals surface area contributed by atoms with Gasteiger partial charge in [0.25, 0.3) is 0 Å². The standard InChI is InChI=1S/C23H27FN2O5S/c1-17-6-7-18(2)21(14-17)32(29,30)26-12-10-25(11-13-26)22(27)8-9-23(28)31-16-19-4-3-5-20(24)15-19/h3-7,14-15H,8-13,16H2,1-2H3. The molecule has 0 aromatic heterocycles. The Bertz CT molecular complexity index is 1100. The van der Waals surface area contributed by atoms with Gasteiger partial charge < -0.3 is 9.64 Å². The highest BCUT2D eigenvalue weighted by Gasteiger charge is 2.31. The second-order valence-corrected chi connectivity index (χ2v) is 9.75. The summed E-state index contributed by atoms with van der Waals surface area (Å²) in [4.78, 5) is 26.2. The largest absolute Gasteiger partial charge is 0.461 e. The van der Waals surface area contributed by atoms with Crippen LogP contribution in [-0.2, 0) is 31.0 Å². The van der Waals surface area contributed by atoms with Gasteiger partial charge in [-0.2, -0.15) is 4.31 Å². The number of esters is 1. The number of amides is 1. The highest BCUT2D eigenvalue weighted by atomic mass is 32.2. The first-order chi connectivity index (χ1) is 15.2. The molecule has 0 aliphatic carbocycles. The monoisotopic (exact) mass is 462 g/mol. The summed E-state index contributed by atoms with van der Waals surface area (Å²) in [6, 6.07) is 11.1. The first-order valence-corrected chi connectivity index (χ1v) is 11.9. The zero-order valence-corrected chi connectivity index (χ0v) is 19.0. The van der Waals surface area contributed by atoms with Gasteiger partial charge in [0.05, 0.1) is 11.3 Å². The van der Waals surface area contributed by atoms with Crippen molar-refractivity contribution in [3.8, 4) is 0 Å². The lowest BCUT2D eigenvalue weighted by molar-refractivity contribution is -0.147. The molecule has 0 spiro atoms. The minimum atomic E-state index is -3.63. The predicted molar refractivity (Wildman–Crippen MR) is 117 cm³/mol. The van der Waals surface area contributed by atoms with Crippen molar-refractivity contribution in [1.29, 1.82) is 0 Å². The second kappa shape index (κ2) is 10.2. The van der Waals surface area contributed by atoms with Crippen molar-refractivity contribution in [1.82, 2.24) is 9.21 Å². The molecule has 2 aromatic rings. The van der Waals surface area contributed by atoms with Crippen LogP contribution in [0.1, 0.15) is 29.5 Å². The fraction of sp³-hybridized carbons (Fsp3) is 0.391. The Morgan fingerprint density at radius 2 is 1.72 bits per heavy atom. The van der Waals surface area contributed by atoms with Crippen LogP contribution in [0.15, 0.2) is 47.4 Å². The minimum absolute atomic E-state index is 0.0221. The topological polar surface area (TPSA) is 84.0 Å². The third-order valence-electron chi connectivity index (χ3n) is 5.38. The van der Waals surface area contributed by atoms with Gasteiger partial charge in [-0.15, -0.1) is 0 Å². The van der Waals surface area contributed by atoms with Gasteiger partial charge in [-0.3, -0.25) is 9.59 Å². The average Bonchev–Trinajstić information content (AvgIpc) is 2.77. The molecule has 0 radical (unpaired) electrons. The summed E-state index contributed by atoms with van der Waals surface area (Å²) in [6.45, 7) is 4.48. The van der Waals surface area contributed by atoms with Crippen LogP contribution in [0.4, 0.5) is 4.39 Å². The number of rotatable bonds is 7. The van der Waals surface area contributed by atoms with Crippen molar-refractivity contribution in [2.75, 3.05) is 26.2 Å². The molecule has 2 aromatic carbocycles. The van der Waals surface area contributed by atoms with Crippen LogP contribution in [-0.4, -0.2) is 55.7 Å². The summed E-state index contributed by atoms with van der Waals surface area (Å²) in [7, 11) is -3.63. The molecule has 172 valence electrons. The van der Waals surface area contributed by atoms with E-state index in [0.29, 0.717) is 16.0 Å². The summed E-state index contributed by atoms with van der Waals surface area (Å²) in [5.74, 6) is -1.18. The van der Waals surface area contributed by atoms with Crippen LogP contribution in [0.5, 0.6) is 0 Å². The number of hydrogen-bond acceptors (Lipinski definition) is 5. The molecule has 9 heteroatoms. The van der Waals surface area contributed by atoms with Gasteiger partial charge in [0.1, 0.15) is 12.4 Å². The number of carbonyl (C=O) groups is 2. The number of halogens is 1. The summed E-state index contributed by atoms with van der Waals surface area (Å²) in [5, 5.41) is 0. The van der Waals surface area contributed by atoms with E-state index in [1.165, 1.54) is 22.5 Å². The van der Waals surface area contributed by atoms with Gasteiger partial charge in [0.15, 0.2) is 0 Å². The van der Waals surface area contributed by atoms with E-state index in [2.05, 4.69) is 0 Å². The van der Waals surface area contributed by atoms with Crippen molar-refractivity contribution >= 4 is 21.9 Å². The van der Waals surface area contributed by atoms with Gasteiger partial charge >= 0.3 is 5.97 Å². The van der Waals surface area contributed by atoms with Crippen molar-refractivity contribution < 1.29 is 27.1 Å². The van der Waals surface area contributed by atoms with Crippen molar-refractivity contribution in [2.45, 2.75) is 38.2 Å². The van der Waals surface area contributed by atoms with Gasteiger partial charge in [0, 0.05) is 32.6 Å². The molecule has 1 saturated heterocycles. The highest BCUT2D eigenvalue weighted by Crippen LogP contribution is 2.22. The van der Waals surface area contributed by atoms with E-state index < -0.39 is 21.8 Å². The number of carbonyl (C=O) groups excluding carboxylic acids is 2. The van der Waals surface area contributed by atoms with Crippen LogP contribution in [0.3, 0.4) is 0 Å². The van der Waals surface area contributed by atoms with E-state index in [1.807, 2.05) is 13.0 Å². The van der Waals surface area contributed by atoms with Gasteiger partial charge in [-0.1, -0.05) is 24.3 Å². The molecule has 32 heavy (non-hydrogen) atoms. The quantitative estimate of drug-likeness (QED) is 0.591. The first-order valence-electron chi connectivity index (χ1n) is 10.4. The summed E-state index contributed by atoms with van der Waals surface area (Å²) in [5.41, 5.74) is 2.09. The SMILES string of the molecule is Cc1ccc(C)c(S(=O)(=O)N2CCN(C(=O)CCC(=O)OCc3cccc(F)c3)CC2)c1. The maximum absolute atomic E-state index is 13.2. The Morgan fingerprint density at radius 1 is 1.00 bits per heavy atom. The zero-order chi connectivity index (χ0) is 23.3. The molecule has 1 aliphatic rings. The van der Waals surface area contributed by atoms with E-state index in [9.17, 15) is 22.4 Å². The molecule has 0 unspecified atom stereocenters. The van der Waals surface area contributed by atoms with E-state index >= 15 is 0 Å². The van der Waals surface area contributed by atoms with Crippen molar-refractivity contribution in [3.63, 3.8) is 0 Å². The lowest BCUT2D eigenvalue weighted by Crippen LogP contribution is -2.50. The number of hydrogen-bond donors (Lipinski definition) is 0. The normalized spacial score (nSPS) is 14.9. The third kappa shape index (κ3) is 5.92. The van der Waals surface area contributed by atoms with E-state index in [1.54, 1.807) is 30.0 Å². The third-order valence-corrected chi connectivity index (χ3v) is 7.43. The van der Waals surface area contributed by atoms with Crippen LogP contribution in [0, 0.1) is 19.7 Å². The Kier molecular flexibility index (Phi) is 7.63. The molecule has 0 saturated carbocycles. The predicted octanol–water partition coefficient (Wildman–Crippen LogP) is 2.80. The molecule has 1 aliphatic heterocycles. The summed E-state index contributed by atoms with van der Waals surface area (Å²) < 4.78 is 45.6. The summed E-state index contributed by atoms with van der Waals surface area (Å²) >= 11 is 0. The Hall–Kier alpha value is -2.78. The first kappa shape index (κ1) is 23.9. The molecule has 7 nitrogen and oxygen atoms in total. The molecule has 0 atom stereocenters. The minimum Gasteiger partial charge on any atom is -0.461 e. The number of sulfonamides is 1. The number of aryl methyl sites for hydroxylation is 2. The van der Waals surface area contributed by atoms with Gasteiger partial charge in [0.2, 0.25) is 15.9 Å². The Balaban J connectivity index is 1.47. The number of benzene rings is 2. The molecule has 3 rings (SSSR count). The van der Waals surface area contributed by atoms with Crippen LogP contribution in [0.2, 0.25) is 0 Å². The maximum Gasteiger partial charge on any atom is 0.306 e. The van der Waals surface area contributed by atoms with E-state index in [4.69, 9.17) is 4.74 Å². The molecule has 0 N–H and O–H groups in total. The molecule has 0 bridgehead atoms.